The number of anilines is 1. The van der Waals surface area contributed by atoms with Gasteiger partial charge in [0.25, 0.3) is 0 Å². The van der Waals surface area contributed by atoms with Gasteiger partial charge in [0.15, 0.2) is 0 Å². The Balaban J connectivity index is 1.51. The SMILES string of the molecule is CCC1CCCCN1c1oc(-c2ccc(OCc3ccccc3Cl)cc2)nc1C#N. The lowest BCUT2D eigenvalue weighted by atomic mass is 10.0. The van der Waals surface area contributed by atoms with Crippen LogP contribution in [-0.2, 0) is 6.61 Å². The normalized spacial score (nSPS) is 16.3. The predicted octanol–water partition coefficient (Wildman–Crippen LogP) is 6.21. The molecule has 5 nitrogen and oxygen atoms in total. The number of nitrogens with zero attached hydrogens (tertiary/aromatic N) is 3. The largest absolute Gasteiger partial charge is 0.489 e. The third-order valence-electron chi connectivity index (χ3n) is 5.53. The van der Waals surface area contributed by atoms with Gasteiger partial charge < -0.3 is 14.1 Å². The van der Waals surface area contributed by atoms with Crippen molar-refractivity contribution in [2.24, 2.45) is 0 Å². The number of hydrogen-bond acceptors (Lipinski definition) is 5. The number of oxazole rings is 1. The summed E-state index contributed by atoms with van der Waals surface area (Å²) < 4.78 is 11.9. The molecule has 4 rings (SSSR count). The number of hydrogen-bond donors (Lipinski definition) is 0. The van der Waals surface area contributed by atoms with Crippen molar-refractivity contribution in [3.63, 3.8) is 0 Å². The molecule has 1 fully saturated rings. The molecule has 0 spiro atoms. The Morgan fingerprint density at radius 1 is 1.20 bits per heavy atom. The summed E-state index contributed by atoms with van der Waals surface area (Å²) >= 11 is 6.18. The molecule has 1 atom stereocenters. The van der Waals surface area contributed by atoms with Crippen molar-refractivity contribution in [3.8, 4) is 23.3 Å². The van der Waals surface area contributed by atoms with Crippen molar-refractivity contribution in [3.05, 3.63) is 64.8 Å². The minimum absolute atomic E-state index is 0.351. The summed E-state index contributed by atoms with van der Waals surface area (Å²) in [6, 6.07) is 17.8. The number of piperidine rings is 1. The van der Waals surface area contributed by atoms with Gasteiger partial charge in [-0.3, -0.25) is 0 Å². The molecule has 0 N–H and O–H groups in total. The standard InChI is InChI=1S/C24H24ClN3O2/c1-2-19-8-5-6-14-28(19)24-22(15-26)27-23(30-24)17-10-12-20(13-11-17)29-16-18-7-3-4-9-21(18)25/h3-4,7,9-13,19H,2,5-6,8,14,16H2,1H3. The van der Waals surface area contributed by atoms with E-state index in [2.05, 4.69) is 22.9 Å². The molecule has 3 aromatic rings. The molecule has 0 radical (unpaired) electrons. The minimum Gasteiger partial charge on any atom is -0.489 e. The monoisotopic (exact) mass is 421 g/mol. The first kappa shape index (κ1) is 20.3. The summed E-state index contributed by atoms with van der Waals surface area (Å²) in [7, 11) is 0. The van der Waals surface area contributed by atoms with E-state index in [1.54, 1.807) is 0 Å². The zero-order chi connectivity index (χ0) is 20.9. The summed E-state index contributed by atoms with van der Waals surface area (Å²) in [4.78, 5) is 6.66. The van der Waals surface area contributed by atoms with Gasteiger partial charge in [-0.15, -0.1) is 0 Å². The highest BCUT2D eigenvalue weighted by Gasteiger charge is 2.28. The predicted molar refractivity (Wildman–Crippen MR) is 118 cm³/mol. The summed E-state index contributed by atoms with van der Waals surface area (Å²) in [5, 5.41) is 10.3. The Morgan fingerprint density at radius 2 is 2.00 bits per heavy atom. The minimum atomic E-state index is 0.351. The van der Waals surface area contributed by atoms with E-state index in [-0.39, 0.29) is 0 Å². The van der Waals surface area contributed by atoms with Crippen LogP contribution in [0.2, 0.25) is 5.02 Å². The van der Waals surface area contributed by atoms with Gasteiger partial charge in [0.1, 0.15) is 18.4 Å². The van der Waals surface area contributed by atoms with Crippen molar-refractivity contribution in [2.75, 3.05) is 11.4 Å². The van der Waals surface area contributed by atoms with Crippen LogP contribution in [0.4, 0.5) is 5.88 Å². The molecule has 2 aromatic carbocycles. The molecular weight excluding hydrogens is 398 g/mol. The van der Waals surface area contributed by atoms with Crippen LogP contribution in [0.3, 0.4) is 0 Å². The molecule has 0 amide bonds. The van der Waals surface area contributed by atoms with Crippen LogP contribution in [0.25, 0.3) is 11.5 Å². The molecule has 154 valence electrons. The Hall–Kier alpha value is -2.97. The zero-order valence-electron chi connectivity index (χ0n) is 17.0. The quantitative estimate of drug-likeness (QED) is 0.473. The highest BCUT2D eigenvalue weighted by Crippen LogP contribution is 2.33. The van der Waals surface area contributed by atoms with E-state index in [0.29, 0.717) is 35.1 Å². The third kappa shape index (κ3) is 4.29. The topological polar surface area (TPSA) is 62.3 Å². The van der Waals surface area contributed by atoms with Crippen LogP contribution in [0, 0.1) is 11.3 Å². The van der Waals surface area contributed by atoms with Crippen LogP contribution in [-0.4, -0.2) is 17.6 Å². The van der Waals surface area contributed by atoms with Crippen LogP contribution in [0.1, 0.15) is 43.9 Å². The summed E-state index contributed by atoms with van der Waals surface area (Å²) in [5.41, 5.74) is 2.10. The first-order chi connectivity index (χ1) is 14.7. The lowest BCUT2D eigenvalue weighted by Crippen LogP contribution is -2.39. The Kier molecular flexibility index (Phi) is 6.25. The van der Waals surface area contributed by atoms with Crippen LogP contribution >= 0.6 is 11.6 Å². The number of aromatic nitrogens is 1. The Bertz CT molecular complexity index is 1040. The van der Waals surface area contributed by atoms with Gasteiger partial charge in [-0.25, -0.2) is 0 Å². The number of halogens is 1. The second-order valence-electron chi connectivity index (χ2n) is 7.44. The maximum Gasteiger partial charge on any atom is 0.235 e. The van der Waals surface area contributed by atoms with E-state index >= 15 is 0 Å². The lowest BCUT2D eigenvalue weighted by Gasteiger charge is -2.34. The molecule has 2 heterocycles. The molecule has 0 saturated carbocycles. The fraction of sp³-hybridized carbons (Fsp3) is 0.333. The summed E-state index contributed by atoms with van der Waals surface area (Å²) in [5.74, 6) is 1.78. The molecule has 1 saturated heterocycles. The highest BCUT2D eigenvalue weighted by atomic mass is 35.5. The molecule has 1 unspecified atom stereocenters. The van der Waals surface area contributed by atoms with Crippen molar-refractivity contribution < 1.29 is 9.15 Å². The number of rotatable bonds is 6. The highest BCUT2D eigenvalue weighted by molar-refractivity contribution is 6.31. The molecule has 1 aromatic heterocycles. The number of benzene rings is 2. The molecule has 30 heavy (non-hydrogen) atoms. The molecule has 0 bridgehead atoms. The van der Waals surface area contributed by atoms with Gasteiger partial charge >= 0.3 is 0 Å². The maximum absolute atomic E-state index is 9.58. The van der Waals surface area contributed by atoms with E-state index in [4.69, 9.17) is 20.8 Å². The summed E-state index contributed by atoms with van der Waals surface area (Å²) in [6.45, 7) is 3.47. The Morgan fingerprint density at radius 3 is 2.73 bits per heavy atom. The van der Waals surface area contributed by atoms with Crippen LogP contribution in [0.5, 0.6) is 5.75 Å². The zero-order valence-corrected chi connectivity index (χ0v) is 17.7. The van der Waals surface area contributed by atoms with Crippen molar-refractivity contribution >= 4 is 17.5 Å². The lowest BCUT2D eigenvalue weighted by molar-refractivity contribution is 0.306. The van der Waals surface area contributed by atoms with E-state index < -0.39 is 0 Å². The second-order valence-corrected chi connectivity index (χ2v) is 7.85. The average Bonchev–Trinajstić information content (AvgIpc) is 3.23. The average molecular weight is 422 g/mol. The molecule has 0 aliphatic carbocycles. The smallest absolute Gasteiger partial charge is 0.235 e. The van der Waals surface area contributed by atoms with Gasteiger partial charge in [0.05, 0.1) is 0 Å². The second kappa shape index (κ2) is 9.23. The fourth-order valence-corrected chi connectivity index (χ4v) is 4.06. The molecule has 1 aliphatic rings. The van der Waals surface area contributed by atoms with Crippen molar-refractivity contribution in [1.82, 2.24) is 4.98 Å². The summed E-state index contributed by atoms with van der Waals surface area (Å²) in [6.07, 6.45) is 4.47. The molecular formula is C24H24ClN3O2. The van der Waals surface area contributed by atoms with Crippen LogP contribution < -0.4 is 9.64 Å². The number of ether oxygens (including phenoxy) is 1. The van der Waals surface area contributed by atoms with Gasteiger partial charge in [-0.1, -0.05) is 36.7 Å². The number of nitriles is 1. The van der Waals surface area contributed by atoms with E-state index in [0.717, 1.165) is 42.7 Å². The van der Waals surface area contributed by atoms with E-state index in [9.17, 15) is 5.26 Å². The third-order valence-corrected chi connectivity index (χ3v) is 5.90. The molecule has 6 heteroatoms. The van der Waals surface area contributed by atoms with Crippen LogP contribution in [0.15, 0.2) is 52.9 Å². The van der Waals surface area contributed by atoms with Gasteiger partial charge in [-0.2, -0.15) is 10.2 Å². The first-order valence-corrected chi connectivity index (χ1v) is 10.7. The van der Waals surface area contributed by atoms with Crippen molar-refractivity contribution in [2.45, 2.75) is 45.3 Å². The van der Waals surface area contributed by atoms with Gasteiger partial charge in [0.2, 0.25) is 17.5 Å². The van der Waals surface area contributed by atoms with Gasteiger partial charge in [-0.05, 0) is 56.0 Å². The Labute approximate surface area is 181 Å². The fourth-order valence-electron chi connectivity index (χ4n) is 3.87. The first-order valence-electron chi connectivity index (χ1n) is 10.3. The van der Waals surface area contributed by atoms with E-state index in [1.807, 2.05) is 48.5 Å². The van der Waals surface area contributed by atoms with Gasteiger partial charge in [0, 0.05) is 28.7 Å². The maximum atomic E-state index is 9.58. The van der Waals surface area contributed by atoms with Crippen molar-refractivity contribution in [1.29, 1.82) is 5.26 Å². The van der Waals surface area contributed by atoms with E-state index in [1.165, 1.54) is 6.42 Å². The molecule has 1 aliphatic heterocycles.